The van der Waals surface area contributed by atoms with Gasteiger partial charge in [-0.15, -0.1) is 0 Å². The van der Waals surface area contributed by atoms with Crippen LogP contribution in [0.15, 0.2) is 6.07 Å². The molecule has 0 amide bonds. The van der Waals surface area contributed by atoms with Crippen LogP contribution in [0.5, 0.6) is 5.88 Å². The largest absolute Gasteiger partial charge is 0.478 e. The predicted octanol–water partition coefficient (Wildman–Crippen LogP) is 2.74. The molecule has 1 N–H and O–H groups in total. The highest BCUT2D eigenvalue weighted by atomic mass is 32.2. The minimum atomic E-state index is 0.358. The lowest BCUT2D eigenvalue weighted by Gasteiger charge is -2.14. The molecule has 0 radical (unpaired) electrons. The van der Waals surface area contributed by atoms with E-state index in [1.807, 2.05) is 31.7 Å². The maximum Gasteiger partial charge on any atom is 0.226 e. The van der Waals surface area contributed by atoms with E-state index >= 15 is 0 Å². The maximum atomic E-state index is 5.39. The van der Waals surface area contributed by atoms with E-state index in [4.69, 9.17) is 4.74 Å². The molecule has 1 unspecified atom stereocenters. The maximum absolute atomic E-state index is 5.39. The molecule has 0 aliphatic rings. The summed E-state index contributed by atoms with van der Waals surface area (Å²) in [6, 6.07) is 2.20. The molecule has 0 aliphatic carbocycles. The van der Waals surface area contributed by atoms with Crippen LogP contribution in [0.1, 0.15) is 26.5 Å². The second-order valence-electron chi connectivity index (χ2n) is 3.81. The molecule has 1 aromatic rings. The molecular weight excluding hydrogens is 234 g/mol. The fourth-order valence-corrected chi connectivity index (χ4v) is 2.06. The molecule has 1 heterocycles. The van der Waals surface area contributed by atoms with Gasteiger partial charge >= 0.3 is 0 Å². The molecular formula is C12H21N3OS. The number of aromatic nitrogens is 2. The summed E-state index contributed by atoms with van der Waals surface area (Å²) >= 11 is 1.90. The SMILES string of the molecule is CCOc1cc(C)nc(NC(C)CSCC)n1. The van der Waals surface area contributed by atoms with E-state index in [0.29, 0.717) is 24.5 Å². The Morgan fingerprint density at radius 3 is 2.82 bits per heavy atom. The Morgan fingerprint density at radius 1 is 1.41 bits per heavy atom. The first-order valence-corrected chi connectivity index (χ1v) is 7.14. The lowest BCUT2D eigenvalue weighted by molar-refractivity contribution is 0.326. The number of hydrogen-bond donors (Lipinski definition) is 1. The molecule has 1 atom stereocenters. The van der Waals surface area contributed by atoms with Crippen LogP contribution in [0, 0.1) is 6.92 Å². The topological polar surface area (TPSA) is 47.0 Å². The van der Waals surface area contributed by atoms with Gasteiger partial charge in [-0.1, -0.05) is 6.92 Å². The number of thioether (sulfide) groups is 1. The minimum Gasteiger partial charge on any atom is -0.478 e. The van der Waals surface area contributed by atoms with Crippen LogP contribution >= 0.6 is 11.8 Å². The van der Waals surface area contributed by atoms with Crippen molar-refractivity contribution >= 4 is 17.7 Å². The van der Waals surface area contributed by atoms with Gasteiger partial charge in [-0.25, -0.2) is 4.98 Å². The monoisotopic (exact) mass is 255 g/mol. The molecule has 17 heavy (non-hydrogen) atoms. The number of anilines is 1. The average molecular weight is 255 g/mol. The van der Waals surface area contributed by atoms with Crippen LogP contribution in [0.3, 0.4) is 0 Å². The molecule has 0 aliphatic heterocycles. The first-order chi connectivity index (χ1) is 8.15. The van der Waals surface area contributed by atoms with Gasteiger partial charge < -0.3 is 10.1 Å². The summed E-state index contributed by atoms with van der Waals surface area (Å²) < 4.78 is 5.39. The van der Waals surface area contributed by atoms with Crippen molar-refractivity contribution in [2.45, 2.75) is 33.7 Å². The van der Waals surface area contributed by atoms with E-state index in [2.05, 4.69) is 29.1 Å². The van der Waals surface area contributed by atoms with Crippen LogP contribution in [0.25, 0.3) is 0 Å². The van der Waals surface area contributed by atoms with Crippen LogP contribution < -0.4 is 10.1 Å². The van der Waals surface area contributed by atoms with Crippen molar-refractivity contribution in [1.29, 1.82) is 0 Å². The third kappa shape index (κ3) is 5.26. The van der Waals surface area contributed by atoms with Gasteiger partial charge in [0.2, 0.25) is 11.8 Å². The van der Waals surface area contributed by atoms with Crippen molar-refractivity contribution in [3.05, 3.63) is 11.8 Å². The summed E-state index contributed by atoms with van der Waals surface area (Å²) in [5.74, 6) is 3.47. The van der Waals surface area contributed by atoms with E-state index in [-0.39, 0.29) is 0 Å². The third-order valence-electron chi connectivity index (χ3n) is 2.07. The molecule has 0 fully saturated rings. The van der Waals surface area contributed by atoms with Crippen molar-refractivity contribution in [3.63, 3.8) is 0 Å². The number of rotatable bonds is 7. The van der Waals surface area contributed by atoms with E-state index < -0.39 is 0 Å². The van der Waals surface area contributed by atoms with Gasteiger partial charge in [0.15, 0.2) is 0 Å². The Hall–Kier alpha value is -0.970. The number of nitrogens with one attached hydrogen (secondary N) is 1. The summed E-state index contributed by atoms with van der Waals surface area (Å²) in [7, 11) is 0. The van der Waals surface area contributed by atoms with Gasteiger partial charge in [0, 0.05) is 23.6 Å². The van der Waals surface area contributed by atoms with Gasteiger partial charge in [-0.3, -0.25) is 0 Å². The van der Waals surface area contributed by atoms with E-state index in [1.54, 1.807) is 0 Å². The van der Waals surface area contributed by atoms with Gasteiger partial charge in [-0.2, -0.15) is 16.7 Å². The Kier molecular flexibility index (Phi) is 6.11. The summed E-state index contributed by atoms with van der Waals surface area (Å²) in [5.41, 5.74) is 0.918. The molecule has 0 aromatic carbocycles. The fraction of sp³-hybridized carbons (Fsp3) is 0.667. The minimum absolute atomic E-state index is 0.358. The molecule has 0 spiro atoms. The molecule has 5 heteroatoms. The van der Waals surface area contributed by atoms with Gasteiger partial charge in [0.1, 0.15) is 0 Å². The van der Waals surface area contributed by atoms with Crippen molar-refractivity contribution in [2.24, 2.45) is 0 Å². The van der Waals surface area contributed by atoms with Crippen LogP contribution in [-0.2, 0) is 0 Å². The first-order valence-electron chi connectivity index (χ1n) is 5.98. The van der Waals surface area contributed by atoms with Gasteiger partial charge in [0.25, 0.3) is 0 Å². The lowest BCUT2D eigenvalue weighted by Crippen LogP contribution is -2.20. The van der Waals surface area contributed by atoms with Gasteiger partial charge in [-0.05, 0) is 26.5 Å². The Morgan fingerprint density at radius 2 is 2.18 bits per heavy atom. The van der Waals surface area contributed by atoms with Crippen LogP contribution in [0.4, 0.5) is 5.95 Å². The van der Waals surface area contributed by atoms with Crippen LogP contribution in [0.2, 0.25) is 0 Å². The normalized spacial score (nSPS) is 12.2. The molecule has 0 saturated heterocycles. The lowest BCUT2D eigenvalue weighted by atomic mass is 10.4. The standard InChI is InChI=1S/C12H21N3OS/c1-5-16-11-7-9(3)13-12(15-11)14-10(4)8-17-6-2/h7,10H,5-6,8H2,1-4H3,(H,13,14,15). The predicted molar refractivity (Wildman–Crippen MR) is 74.0 cm³/mol. The first kappa shape index (κ1) is 14.1. The van der Waals surface area contributed by atoms with Crippen molar-refractivity contribution in [2.75, 3.05) is 23.4 Å². The van der Waals surface area contributed by atoms with E-state index in [9.17, 15) is 0 Å². The van der Waals surface area contributed by atoms with Crippen molar-refractivity contribution < 1.29 is 4.74 Å². The molecule has 0 saturated carbocycles. The zero-order valence-corrected chi connectivity index (χ0v) is 11.8. The smallest absolute Gasteiger partial charge is 0.226 e. The Balaban J connectivity index is 2.63. The average Bonchev–Trinajstić information content (AvgIpc) is 2.26. The molecule has 96 valence electrons. The Labute approximate surface area is 108 Å². The fourth-order valence-electron chi connectivity index (χ4n) is 1.38. The second-order valence-corrected chi connectivity index (χ2v) is 5.13. The second kappa shape index (κ2) is 7.37. The Bertz CT molecular complexity index is 347. The number of hydrogen-bond acceptors (Lipinski definition) is 5. The third-order valence-corrected chi connectivity index (χ3v) is 3.21. The zero-order valence-electron chi connectivity index (χ0n) is 11.0. The highest BCUT2D eigenvalue weighted by molar-refractivity contribution is 7.99. The summed E-state index contributed by atoms with van der Waals surface area (Å²) in [5, 5.41) is 3.29. The summed E-state index contributed by atoms with van der Waals surface area (Å²) in [4.78, 5) is 8.67. The molecule has 1 rings (SSSR count). The molecule has 4 nitrogen and oxygen atoms in total. The van der Waals surface area contributed by atoms with E-state index in [0.717, 1.165) is 17.2 Å². The highest BCUT2D eigenvalue weighted by Crippen LogP contribution is 2.13. The number of aryl methyl sites for hydroxylation is 1. The number of ether oxygens (including phenoxy) is 1. The van der Waals surface area contributed by atoms with Crippen molar-refractivity contribution in [1.82, 2.24) is 9.97 Å². The quantitative estimate of drug-likeness (QED) is 0.811. The summed E-state index contributed by atoms with van der Waals surface area (Å²) in [6.45, 7) is 8.81. The molecule has 1 aromatic heterocycles. The van der Waals surface area contributed by atoms with Gasteiger partial charge in [0.05, 0.1) is 6.61 Å². The van der Waals surface area contributed by atoms with Crippen molar-refractivity contribution in [3.8, 4) is 5.88 Å². The molecule has 0 bridgehead atoms. The highest BCUT2D eigenvalue weighted by Gasteiger charge is 2.06. The summed E-state index contributed by atoms with van der Waals surface area (Å²) in [6.07, 6.45) is 0. The van der Waals surface area contributed by atoms with Crippen LogP contribution in [-0.4, -0.2) is 34.1 Å². The zero-order chi connectivity index (χ0) is 12.7. The van der Waals surface area contributed by atoms with E-state index in [1.165, 1.54) is 0 Å². The number of nitrogens with zero attached hydrogens (tertiary/aromatic N) is 2.